The van der Waals surface area contributed by atoms with Crippen molar-refractivity contribution in [2.75, 3.05) is 13.6 Å². The van der Waals surface area contributed by atoms with Crippen LogP contribution in [0.25, 0.3) is 0 Å². The molecular formula is C9H21N3. The Balaban J connectivity index is 0.000000451. The molecule has 3 heteroatoms. The van der Waals surface area contributed by atoms with Crippen LogP contribution in [0.2, 0.25) is 0 Å². The third-order valence-electron chi connectivity index (χ3n) is 2.41. The zero-order valence-electron chi connectivity index (χ0n) is 8.41. The summed E-state index contributed by atoms with van der Waals surface area (Å²) in [6.07, 6.45) is 2.07. The average molecular weight is 171 g/mol. The highest BCUT2D eigenvalue weighted by molar-refractivity contribution is 5.63. The van der Waals surface area contributed by atoms with E-state index in [1.54, 1.807) is 0 Å². The van der Waals surface area contributed by atoms with Crippen molar-refractivity contribution in [2.24, 2.45) is 10.9 Å². The van der Waals surface area contributed by atoms with Gasteiger partial charge in [0.15, 0.2) is 0 Å². The highest BCUT2D eigenvalue weighted by Crippen LogP contribution is 2.22. The number of fused-ring (bicyclic) bond motifs is 1. The van der Waals surface area contributed by atoms with Gasteiger partial charge in [-0.25, -0.2) is 10.4 Å². The van der Waals surface area contributed by atoms with E-state index in [4.69, 9.17) is 0 Å². The topological polar surface area (TPSA) is 27.6 Å². The Hall–Kier alpha value is -0.410. The zero-order valence-corrected chi connectivity index (χ0v) is 8.41. The fraction of sp³-hybridized carbons (Fsp3) is 0.889. The summed E-state index contributed by atoms with van der Waals surface area (Å²) in [5.74, 6) is 0.616. The molecule has 1 N–H and O–H groups in total. The van der Waals surface area contributed by atoms with Gasteiger partial charge in [-0.2, -0.15) is 0 Å². The Morgan fingerprint density at radius 3 is 2.67 bits per heavy atom. The van der Waals surface area contributed by atoms with Crippen molar-refractivity contribution in [3.8, 4) is 0 Å². The first-order valence-electron chi connectivity index (χ1n) is 4.78. The zero-order chi connectivity index (χ0) is 9.14. The highest BCUT2D eigenvalue weighted by atomic mass is 15.6. The maximum Gasteiger partial charge on any atom is 0.0586 e. The van der Waals surface area contributed by atoms with E-state index in [1.165, 1.54) is 0 Å². The molecule has 2 rings (SSSR count). The van der Waals surface area contributed by atoms with Crippen molar-refractivity contribution in [3.63, 3.8) is 0 Å². The minimum Gasteiger partial charge on any atom is -0.295 e. The summed E-state index contributed by atoms with van der Waals surface area (Å²) < 4.78 is 0. The maximum atomic E-state index is 4.26. The van der Waals surface area contributed by atoms with Crippen molar-refractivity contribution in [3.05, 3.63) is 0 Å². The number of likely N-dealkylation sites (N-methyl/N-ethyl adjacent to an activating group) is 1. The Morgan fingerprint density at radius 1 is 1.58 bits per heavy atom. The second kappa shape index (κ2) is 4.01. The number of hydrogen-bond donors (Lipinski definition) is 1. The molecule has 1 fully saturated rings. The maximum absolute atomic E-state index is 4.26. The van der Waals surface area contributed by atoms with Gasteiger partial charge in [-0.05, 0) is 0 Å². The third-order valence-corrected chi connectivity index (χ3v) is 2.41. The first-order chi connectivity index (χ1) is 5.79. The summed E-state index contributed by atoms with van der Waals surface area (Å²) in [5.41, 5.74) is 3.29. The molecule has 12 heavy (non-hydrogen) atoms. The van der Waals surface area contributed by atoms with Crippen LogP contribution in [0, 0.1) is 5.92 Å². The first kappa shape index (κ1) is 9.68. The van der Waals surface area contributed by atoms with Gasteiger partial charge in [0.25, 0.3) is 0 Å². The summed E-state index contributed by atoms with van der Waals surface area (Å²) in [5, 5.41) is 2.18. The fourth-order valence-electron chi connectivity index (χ4n) is 1.91. The molecule has 2 aliphatic rings. The Morgan fingerprint density at radius 2 is 2.25 bits per heavy atom. The Labute approximate surface area is 76.3 Å². The molecular weight excluding hydrogens is 150 g/mol. The monoisotopic (exact) mass is 171 g/mol. The molecule has 0 spiro atoms. The first-order valence-corrected chi connectivity index (χ1v) is 4.78. The molecule has 3 unspecified atom stereocenters. The van der Waals surface area contributed by atoms with Crippen LogP contribution in [0.1, 0.15) is 22.2 Å². The summed E-state index contributed by atoms with van der Waals surface area (Å²) >= 11 is 0. The van der Waals surface area contributed by atoms with Gasteiger partial charge in [0, 0.05) is 26.6 Å². The summed E-state index contributed by atoms with van der Waals surface area (Å²) in [6.45, 7) is 7.18. The molecule has 1 saturated heterocycles. The van der Waals surface area contributed by atoms with Crippen LogP contribution in [0.5, 0.6) is 0 Å². The molecule has 0 aliphatic carbocycles. The highest BCUT2D eigenvalue weighted by Gasteiger charge is 2.40. The summed E-state index contributed by atoms with van der Waals surface area (Å²) in [7, 11) is 2.09. The Kier molecular flexibility index (Phi) is 3.23. The van der Waals surface area contributed by atoms with Crippen LogP contribution >= 0.6 is 0 Å². The number of aliphatic imine (C=N–C) groups is 1. The van der Waals surface area contributed by atoms with Crippen LogP contribution in [0.15, 0.2) is 4.99 Å². The van der Waals surface area contributed by atoms with Crippen LogP contribution in [0.3, 0.4) is 0 Å². The van der Waals surface area contributed by atoms with Crippen LogP contribution in [-0.4, -0.2) is 36.9 Å². The molecule has 0 saturated carbocycles. The normalized spacial score (nSPS) is 39.2. The lowest BCUT2D eigenvalue weighted by Gasteiger charge is -2.50. The van der Waals surface area contributed by atoms with Crippen molar-refractivity contribution in [1.82, 2.24) is 10.4 Å². The second-order valence-electron chi connectivity index (χ2n) is 3.21. The number of nitrogens with zero attached hydrogens (tertiary/aromatic N) is 2. The van der Waals surface area contributed by atoms with Gasteiger partial charge in [-0.3, -0.25) is 4.99 Å². The van der Waals surface area contributed by atoms with Crippen molar-refractivity contribution < 1.29 is 1.43 Å². The van der Waals surface area contributed by atoms with Gasteiger partial charge < -0.3 is 0 Å². The lowest BCUT2D eigenvalue weighted by molar-refractivity contribution is -0.0208. The lowest BCUT2D eigenvalue weighted by Crippen LogP contribution is -2.72. The standard InChI is InChI=1S/C7H13N3.C2H6.H2/c1-5-3-8-4-6-7(5)10(2)9-6;1-2;/h3,5-7,9H,4H2,1-2H3;1-2H3;1H. The third kappa shape index (κ3) is 1.52. The van der Waals surface area contributed by atoms with E-state index in [2.05, 4.69) is 35.6 Å². The van der Waals surface area contributed by atoms with Gasteiger partial charge in [0.05, 0.1) is 12.6 Å². The molecule has 72 valence electrons. The number of hydrazine groups is 1. The van der Waals surface area contributed by atoms with Gasteiger partial charge in [0.1, 0.15) is 0 Å². The van der Waals surface area contributed by atoms with E-state index in [9.17, 15) is 0 Å². The largest absolute Gasteiger partial charge is 0.295 e. The smallest absolute Gasteiger partial charge is 0.0586 e. The Bertz CT molecular complexity index is 172. The molecule has 3 nitrogen and oxygen atoms in total. The van der Waals surface area contributed by atoms with E-state index in [1.807, 2.05) is 13.8 Å². The SMILES string of the molecule is CC.CC1C=NCC2NN(C)C12.[HH]. The number of nitrogens with one attached hydrogen (secondary N) is 1. The van der Waals surface area contributed by atoms with Gasteiger partial charge in [-0.1, -0.05) is 20.8 Å². The van der Waals surface area contributed by atoms with Gasteiger partial charge in [-0.15, -0.1) is 0 Å². The fourth-order valence-corrected chi connectivity index (χ4v) is 1.91. The molecule has 0 aromatic rings. The predicted molar refractivity (Wildman–Crippen MR) is 54.5 cm³/mol. The van der Waals surface area contributed by atoms with E-state index in [0.717, 1.165) is 6.54 Å². The van der Waals surface area contributed by atoms with Crippen LogP contribution in [-0.2, 0) is 0 Å². The molecule has 0 aromatic carbocycles. The van der Waals surface area contributed by atoms with E-state index in [0.29, 0.717) is 18.0 Å². The molecule has 0 aromatic heterocycles. The molecule has 3 atom stereocenters. The van der Waals surface area contributed by atoms with E-state index >= 15 is 0 Å². The minimum atomic E-state index is 0. The second-order valence-corrected chi connectivity index (χ2v) is 3.21. The molecule has 0 amide bonds. The quantitative estimate of drug-likeness (QED) is 0.592. The minimum absolute atomic E-state index is 0. The molecule has 0 radical (unpaired) electrons. The average Bonchev–Trinajstić information content (AvgIpc) is 2.06. The summed E-state index contributed by atoms with van der Waals surface area (Å²) in [4.78, 5) is 4.26. The predicted octanol–water partition coefficient (Wildman–Crippen LogP) is 1.17. The van der Waals surface area contributed by atoms with E-state index in [-0.39, 0.29) is 1.43 Å². The van der Waals surface area contributed by atoms with Gasteiger partial charge in [0.2, 0.25) is 0 Å². The summed E-state index contributed by atoms with van der Waals surface area (Å²) in [6, 6.07) is 1.31. The van der Waals surface area contributed by atoms with Crippen LogP contribution in [0.4, 0.5) is 0 Å². The van der Waals surface area contributed by atoms with E-state index < -0.39 is 0 Å². The molecule has 2 heterocycles. The van der Waals surface area contributed by atoms with Gasteiger partial charge >= 0.3 is 0 Å². The molecule has 2 aliphatic heterocycles. The lowest BCUT2D eigenvalue weighted by atomic mass is 9.90. The van der Waals surface area contributed by atoms with Crippen molar-refractivity contribution >= 4 is 6.21 Å². The van der Waals surface area contributed by atoms with Crippen molar-refractivity contribution in [1.29, 1.82) is 0 Å². The number of hydrogen-bond acceptors (Lipinski definition) is 3. The van der Waals surface area contributed by atoms with Crippen molar-refractivity contribution in [2.45, 2.75) is 32.9 Å². The van der Waals surface area contributed by atoms with Crippen LogP contribution < -0.4 is 5.43 Å². The molecule has 0 bridgehead atoms. The number of rotatable bonds is 0.